The van der Waals surface area contributed by atoms with Crippen molar-refractivity contribution in [1.29, 1.82) is 0 Å². The third-order valence-corrected chi connectivity index (χ3v) is 2.69. The van der Waals surface area contributed by atoms with Crippen molar-refractivity contribution in [3.8, 4) is 0 Å². The first kappa shape index (κ1) is 14.9. The predicted octanol–water partition coefficient (Wildman–Crippen LogP) is 3.13. The highest BCUT2D eigenvalue weighted by molar-refractivity contribution is 4.85. The maximum Gasteiger partial charge on any atom is 0.0603 e. The van der Waals surface area contributed by atoms with Gasteiger partial charge in [-0.15, -0.1) is 0 Å². The van der Waals surface area contributed by atoms with Crippen LogP contribution in [-0.4, -0.2) is 17.2 Å². The summed E-state index contributed by atoms with van der Waals surface area (Å²) in [5, 5.41) is 7.32. The lowest BCUT2D eigenvalue weighted by molar-refractivity contribution is 0.204. The van der Waals surface area contributed by atoms with E-state index in [1.807, 2.05) is 0 Å². The summed E-state index contributed by atoms with van der Waals surface area (Å²) >= 11 is 0. The lowest BCUT2D eigenvalue weighted by Gasteiger charge is -2.38. The number of hydrogen-bond acceptors (Lipinski definition) is 2. The number of hydrogen-bond donors (Lipinski definition) is 2. The van der Waals surface area contributed by atoms with Crippen LogP contribution in [0.3, 0.4) is 0 Å². The quantitative estimate of drug-likeness (QED) is 0.687. The number of nitrogens with one attached hydrogen (secondary N) is 2. The lowest BCUT2D eigenvalue weighted by atomic mass is 9.98. The molecular weight excluding hydrogens is 184 g/mol. The first-order chi connectivity index (χ1) is 6.57. The molecule has 0 aliphatic carbocycles. The first-order valence-electron chi connectivity index (χ1n) is 6.13. The van der Waals surface area contributed by atoms with E-state index in [4.69, 9.17) is 0 Å². The Kier molecular flexibility index (Phi) is 5.28. The van der Waals surface area contributed by atoms with E-state index in [0.717, 1.165) is 6.42 Å². The zero-order valence-corrected chi connectivity index (χ0v) is 11.9. The summed E-state index contributed by atoms with van der Waals surface area (Å²) < 4.78 is 0. The summed E-state index contributed by atoms with van der Waals surface area (Å²) in [6.45, 7) is 17.9. The average molecular weight is 214 g/mol. The van der Waals surface area contributed by atoms with Crippen LogP contribution in [0, 0.1) is 5.92 Å². The Morgan fingerprint density at radius 1 is 0.933 bits per heavy atom. The topological polar surface area (TPSA) is 24.1 Å². The smallest absolute Gasteiger partial charge is 0.0603 e. The van der Waals surface area contributed by atoms with E-state index in [-0.39, 0.29) is 11.1 Å². The Balaban J connectivity index is 4.42. The highest BCUT2D eigenvalue weighted by Gasteiger charge is 2.25. The standard InChI is InChI=1S/C13H30N2/c1-9-13(7,8)15-11(10(2)3)14-12(4,5)6/h10-11,14-15H,9H2,1-8H3. The van der Waals surface area contributed by atoms with Gasteiger partial charge in [-0.3, -0.25) is 10.6 Å². The van der Waals surface area contributed by atoms with Crippen LogP contribution < -0.4 is 10.6 Å². The van der Waals surface area contributed by atoms with Crippen molar-refractivity contribution in [1.82, 2.24) is 10.6 Å². The van der Waals surface area contributed by atoms with Crippen molar-refractivity contribution < 1.29 is 0 Å². The van der Waals surface area contributed by atoms with Gasteiger partial charge in [0.05, 0.1) is 6.17 Å². The van der Waals surface area contributed by atoms with Crippen LogP contribution in [0.15, 0.2) is 0 Å². The second-order valence-corrected chi connectivity index (χ2v) is 6.50. The molecule has 0 aromatic carbocycles. The molecule has 0 radical (unpaired) electrons. The van der Waals surface area contributed by atoms with Crippen LogP contribution in [0.1, 0.15) is 61.8 Å². The molecule has 0 amide bonds. The van der Waals surface area contributed by atoms with Crippen molar-refractivity contribution in [2.75, 3.05) is 0 Å². The van der Waals surface area contributed by atoms with Gasteiger partial charge in [-0.2, -0.15) is 0 Å². The molecule has 0 aromatic rings. The van der Waals surface area contributed by atoms with E-state index in [1.54, 1.807) is 0 Å². The molecule has 2 heteroatoms. The highest BCUT2D eigenvalue weighted by atomic mass is 15.2. The molecule has 15 heavy (non-hydrogen) atoms. The minimum atomic E-state index is 0.158. The van der Waals surface area contributed by atoms with E-state index in [1.165, 1.54) is 0 Å². The van der Waals surface area contributed by atoms with Gasteiger partial charge in [-0.1, -0.05) is 20.8 Å². The van der Waals surface area contributed by atoms with E-state index < -0.39 is 0 Å². The minimum Gasteiger partial charge on any atom is -0.297 e. The Morgan fingerprint density at radius 2 is 1.40 bits per heavy atom. The summed E-state index contributed by atoms with van der Waals surface area (Å²) in [5.74, 6) is 0.593. The summed E-state index contributed by atoms with van der Waals surface area (Å²) in [4.78, 5) is 0. The van der Waals surface area contributed by atoms with Crippen LogP contribution in [0.2, 0.25) is 0 Å². The van der Waals surface area contributed by atoms with Crippen LogP contribution in [0.4, 0.5) is 0 Å². The van der Waals surface area contributed by atoms with E-state index >= 15 is 0 Å². The van der Waals surface area contributed by atoms with Gasteiger partial charge in [-0.25, -0.2) is 0 Å². The van der Waals surface area contributed by atoms with Gasteiger partial charge in [0.1, 0.15) is 0 Å². The zero-order valence-electron chi connectivity index (χ0n) is 11.9. The van der Waals surface area contributed by atoms with E-state index in [2.05, 4.69) is 66.0 Å². The van der Waals surface area contributed by atoms with Gasteiger partial charge in [0.15, 0.2) is 0 Å². The molecule has 0 spiro atoms. The lowest BCUT2D eigenvalue weighted by Crippen LogP contribution is -2.59. The molecule has 1 atom stereocenters. The molecule has 0 saturated heterocycles. The van der Waals surface area contributed by atoms with Crippen LogP contribution in [0.25, 0.3) is 0 Å². The van der Waals surface area contributed by atoms with Crippen molar-refractivity contribution >= 4 is 0 Å². The second-order valence-electron chi connectivity index (χ2n) is 6.50. The van der Waals surface area contributed by atoms with Gasteiger partial charge in [0, 0.05) is 11.1 Å². The summed E-state index contributed by atoms with van der Waals surface area (Å²) in [6, 6.07) is 0. The molecule has 0 heterocycles. The fourth-order valence-corrected chi connectivity index (χ4v) is 1.36. The summed E-state index contributed by atoms with van der Waals surface area (Å²) in [7, 11) is 0. The van der Waals surface area contributed by atoms with Crippen LogP contribution in [0.5, 0.6) is 0 Å². The molecule has 2 nitrogen and oxygen atoms in total. The van der Waals surface area contributed by atoms with Crippen molar-refractivity contribution in [3.63, 3.8) is 0 Å². The molecule has 0 fully saturated rings. The van der Waals surface area contributed by atoms with Gasteiger partial charge < -0.3 is 0 Å². The summed E-state index contributed by atoms with van der Waals surface area (Å²) in [6.07, 6.45) is 1.52. The molecule has 0 aromatic heterocycles. The molecule has 2 N–H and O–H groups in total. The van der Waals surface area contributed by atoms with Crippen molar-refractivity contribution in [2.45, 2.75) is 79.1 Å². The first-order valence-corrected chi connectivity index (χ1v) is 6.13. The molecule has 0 aliphatic heterocycles. The maximum atomic E-state index is 3.69. The van der Waals surface area contributed by atoms with E-state index in [9.17, 15) is 0 Å². The second kappa shape index (κ2) is 5.31. The Morgan fingerprint density at radius 3 is 1.67 bits per heavy atom. The normalized spacial score (nSPS) is 15.8. The Labute approximate surface area is 96.2 Å². The molecule has 0 bridgehead atoms. The molecule has 0 saturated carbocycles. The van der Waals surface area contributed by atoms with Crippen LogP contribution in [-0.2, 0) is 0 Å². The fraction of sp³-hybridized carbons (Fsp3) is 1.00. The van der Waals surface area contributed by atoms with Gasteiger partial charge >= 0.3 is 0 Å². The Hall–Kier alpha value is -0.0800. The maximum absolute atomic E-state index is 3.69. The molecule has 0 rings (SSSR count). The third kappa shape index (κ3) is 6.91. The third-order valence-electron chi connectivity index (χ3n) is 2.69. The largest absolute Gasteiger partial charge is 0.297 e. The van der Waals surface area contributed by atoms with Gasteiger partial charge in [0.2, 0.25) is 0 Å². The van der Waals surface area contributed by atoms with Crippen molar-refractivity contribution in [2.24, 2.45) is 5.92 Å². The van der Waals surface area contributed by atoms with E-state index in [0.29, 0.717) is 12.1 Å². The predicted molar refractivity (Wildman–Crippen MR) is 69.0 cm³/mol. The monoisotopic (exact) mass is 214 g/mol. The molecule has 1 unspecified atom stereocenters. The highest BCUT2D eigenvalue weighted by Crippen LogP contribution is 2.13. The zero-order chi connectivity index (χ0) is 12.3. The number of rotatable bonds is 5. The fourth-order valence-electron chi connectivity index (χ4n) is 1.36. The van der Waals surface area contributed by atoms with Crippen molar-refractivity contribution in [3.05, 3.63) is 0 Å². The van der Waals surface area contributed by atoms with Gasteiger partial charge in [0.25, 0.3) is 0 Å². The Bertz CT molecular complexity index is 177. The molecular formula is C13H30N2. The van der Waals surface area contributed by atoms with Gasteiger partial charge in [-0.05, 0) is 47.0 Å². The summed E-state index contributed by atoms with van der Waals surface area (Å²) in [5.41, 5.74) is 0.360. The molecule has 0 aliphatic rings. The SMILES string of the molecule is CCC(C)(C)NC(NC(C)(C)C)C(C)C. The average Bonchev–Trinajstić information content (AvgIpc) is 2.00. The minimum absolute atomic E-state index is 0.158. The van der Waals surface area contributed by atoms with Crippen LogP contribution >= 0.6 is 0 Å². The molecule has 92 valence electrons.